The maximum absolute atomic E-state index is 12.5. The molecule has 56 heavy (non-hydrogen) atoms. The van der Waals surface area contributed by atoms with Crippen LogP contribution >= 0.6 is 12.4 Å². The van der Waals surface area contributed by atoms with Crippen LogP contribution in [0.3, 0.4) is 0 Å². The zero-order valence-electron chi connectivity index (χ0n) is 32.2. The number of nitrogens with two attached hydrogens (primary N) is 1. The van der Waals surface area contributed by atoms with E-state index in [0.717, 1.165) is 50.7 Å². The van der Waals surface area contributed by atoms with Crippen molar-refractivity contribution >= 4 is 47.0 Å². The lowest BCUT2D eigenvalue weighted by Gasteiger charge is -2.35. The van der Waals surface area contributed by atoms with Gasteiger partial charge in [0.2, 0.25) is 0 Å². The van der Waals surface area contributed by atoms with Gasteiger partial charge in [0.25, 0.3) is 5.91 Å². The van der Waals surface area contributed by atoms with Crippen LogP contribution in [0, 0.1) is 0 Å². The van der Waals surface area contributed by atoms with Crippen LogP contribution in [0.2, 0.25) is 0 Å². The van der Waals surface area contributed by atoms with Gasteiger partial charge in [-0.2, -0.15) is 0 Å². The number of carboxylic acid groups (broad SMARTS) is 1. The normalized spacial score (nSPS) is 17.7. The van der Waals surface area contributed by atoms with E-state index in [4.69, 9.17) is 20.3 Å². The molecule has 2 aliphatic heterocycles. The number of hydrogen-bond acceptors (Lipinski definition) is 9. The third kappa shape index (κ3) is 10.4. The fourth-order valence-corrected chi connectivity index (χ4v) is 6.58. The Labute approximate surface area is 333 Å². The van der Waals surface area contributed by atoms with Crippen LogP contribution < -0.4 is 20.9 Å². The first-order chi connectivity index (χ1) is 26.6. The Balaban J connectivity index is 0.000000175. The van der Waals surface area contributed by atoms with Gasteiger partial charge < -0.3 is 44.2 Å². The lowest BCUT2D eigenvalue weighted by molar-refractivity contribution is 0.0691. The second kappa shape index (κ2) is 19.4. The molecule has 6 heterocycles. The van der Waals surface area contributed by atoms with E-state index in [1.807, 2.05) is 54.8 Å². The van der Waals surface area contributed by atoms with Gasteiger partial charge in [0.1, 0.15) is 17.0 Å². The first-order valence-electron chi connectivity index (χ1n) is 18.6. The average Bonchev–Trinajstić information content (AvgIpc) is 3.85. The van der Waals surface area contributed by atoms with Crippen molar-refractivity contribution in [2.24, 2.45) is 5.73 Å². The molecule has 4 N–H and O–H groups in total. The number of amides is 1. The first-order valence-corrected chi connectivity index (χ1v) is 18.6. The van der Waals surface area contributed by atoms with Crippen molar-refractivity contribution in [3.05, 3.63) is 132 Å². The van der Waals surface area contributed by atoms with E-state index in [9.17, 15) is 9.59 Å². The first kappa shape index (κ1) is 41.7. The Bertz CT molecular complexity index is 2110. The minimum atomic E-state index is -1.00. The molecule has 8 rings (SSSR count). The molecule has 14 heteroatoms. The number of aromatic nitrogens is 4. The van der Waals surface area contributed by atoms with Gasteiger partial charge >= 0.3 is 5.97 Å². The van der Waals surface area contributed by atoms with Crippen LogP contribution in [-0.4, -0.2) is 87.4 Å². The van der Waals surface area contributed by atoms with E-state index in [-0.39, 0.29) is 36.1 Å². The number of morpholine rings is 2. The fraction of sp³-hybridized carbons (Fsp3) is 0.333. The molecule has 296 valence electrons. The summed E-state index contributed by atoms with van der Waals surface area (Å²) in [6, 6.07) is 28.8. The van der Waals surface area contributed by atoms with Gasteiger partial charge in [0, 0.05) is 67.4 Å². The van der Waals surface area contributed by atoms with E-state index in [1.54, 1.807) is 22.9 Å². The summed E-state index contributed by atoms with van der Waals surface area (Å²) in [6.45, 7) is 13.4. The second-order valence-electron chi connectivity index (χ2n) is 13.9. The van der Waals surface area contributed by atoms with Crippen LogP contribution in [0.4, 0.5) is 11.4 Å². The van der Waals surface area contributed by atoms with Crippen molar-refractivity contribution in [1.82, 2.24) is 24.1 Å². The van der Waals surface area contributed by atoms with Gasteiger partial charge in [-0.15, -0.1) is 12.4 Å². The molecule has 13 nitrogen and oxygen atoms in total. The van der Waals surface area contributed by atoms with Crippen LogP contribution in [0.1, 0.15) is 71.9 Å². The smallest absolute Gasteiger partial charge is 0.356 e. The largest absolute Gasteiger partial charge is 0.476 e. The van der Waals surface area contributed by atoms with E-state index >= 15 is 0 Å². The van der Waals surface area contributed by atoms with E-state index in [2.05, 4.69) is 87.5 Å². The molecule has 0 bridgehead atoms. The van der Waals surface area contributed by atoms with Crippen molar-refractivity contribution in [1.29, 1.82) is 0 Å². The topological polar surface area (TPSA) is 152 Å². The Morgan fingerprint density at radius 3 is 1.64 bits per heavy atom. The van der Waals surface area contributed by atoms with Crippen LogP contribution in [0.25, 0.3) is 11.3 Å². The number of pyridine rings is 2. The third-order valence-corrected chi connectivity index (χ3v) is 9.74. The molecule has 4 atom stereocenters. The summed E-state index contributed by atoms with van der Waals surface area (Å²) < 4.78 is 14.5. The van der Waals surface area contributed by atoms with Gasteiger partial charge in [0.15, 0.2) is 5.69 Å². The Morgan fingerprint density at radius 2 is 1.20 bits per heavy atom. The molecule has 2 fully saturated rings. The molecular weight excluding hydrogens is 732 g/mol. The number of halogens is 1. The molecule has 1 amide bonds. The van der Waals surface area contributed by atoms with Crippen molar-refractivity contribution in [2.75, 3.05) is 49.3 Å². The van der Waals surface area contributed by atoms with Gasteiger partial charge in [-0.3, -0.25) is 4.79 Å². The lowest BCUT2D eigenvalue weighted by atomic mass is 10.1. The van der Waals surface area contributed by atoms with Crippen molar-refractivity contribution in [3.63, 3.8) is 0 Å². The number of carbonyl (C=O) groups excluding carboxylic acids is 1. The number of ether oxygens (including phenoxy) is 2. The molecule has 0 unspecified atom stereocenters. The third-order valence-electron chi connectivity index (χ3n) is 9.74. The standard InChI is InChI=1S/C21H24N4O2.C13H20N2O.C8H6N2O2.ClH/c1-15-14-27-12-11-25(15)18-8-6-17(7-9-18)16(2)22-21(26)19-13-24-10-4-3-5-20(24)23-19;1-10-9-16-8-7-15(10)13-5-3-12(4-6-13)11(2)14;11-8(12)6-5-10-4-2-1-3-7(10)9-6;/h3-10,13,15-16H,11-12,14H2,1-2H3,(H,22,26);3-6,10-11H,7-9,14H2,1-2H3;1-5H,(H,11,12);1H/t15-,16+;10-,11+;;/m00../s1. The lowest BCUT2D eigenvalue weighted by Crippen LogP contribution is -2.43. The van der Waals surface area contributed by atoms with Crippen molar-refractivity contribution in [3.8, 4) is 0 Å². The molecular formula is C42H51ClN8O5. The minimum Gasteiger partial charge on any atom is -0.476 e. The number of carboxylic acids is 1. The number of nitrogens with one attached hydrogen (secondary N) is 1. The molecule has 6 aromatic rings. The molecule has 0 spiro atoms. The number of nitrogens with zero attached hydrogens (tertiary/aromatic N) is 6. The maximum atomic E-state index is 12.5. The number of aromatic carboxylic acids is 1. The number of rotatable bonds is 7. The molecule has 2 aliphatic rings. The Kier molecular flexibility index (Phi) is 14.4. The summed E-state index contributed by atoms with van der Waals surface area (Å²) in [7, 11) is 0. The summed E-state index contributed by atoms with van der Waals surface area (Å²) in [4.78, 5) is 36.0. The SMILES string of the molecule is C[C@@H](N)c1ccc(N2CCOC[C@@H]2C)cc1.C[C@@H](NC(=O)c1cn2ccccc2n1)c1ccc(N2CCOC[C@@H]2C)cc1.Cl.O=C(O)c1cn2ccccc2n1. The number of carbonyl (C=O) groups is 2. The van der Waals surface area contributed by atoms with Gasteiger partial charge in [-0.25, -0.2) is 14.8 Å². The highest BCUT2D eigenvalue weighted by Gasteiger charge is 2.21. The number of benzene rings is 2. The zero-order valence-corrected chi connectivity index (χ0v) is 33.0. The van der Waals surface area contributed by atoms with E-state index < -0.39 is 5.97 Å². The van der Waals surface area contributed by atoms with E-state index in [1.165, 1.54) is 23.1 Å². The van der Waals surface area contributed by atoms with Crippen LogP contribution in [-0.2, 0) is 9.47 Å². The number of anilines is 2. The Morgan fingerprint density at radius 1 is 0.732 bits per heavy atom. The summed E-state index contributed by atoms with van der Waals surface area (Å²) >= 11 is 0. The van der Waals surface area contributed by atoms with Gasteiger partial charge in [-0.1, -0.05) is 36.4 Å². The highest BCUT2D eigenvalue weighted by Crippen LogP contribution is 2.24. The van der Waals surface area contributed by atoms with Crippen molar-refractivity contribution in [2.45, 2.75) is 51.9 Å². The predicted molar refractivity (Wildman–Crippen MR) is 221 cm³/mol. The summed E-state index contributed by atoms with van der Waals surface area (Å²) in [5, 5.41) is 11.6. The average molecular weight is 783 g/mol. The highest BCUT2D eigenvalue weighted by molar-refractivity contribution is 5.93. The monoisotopic (exact) mass is 782 g/mol. The molecule has 0 aliphatic carbocycles. The minimum absolute atomic E-state index is 0. The van der Waals surface area contributed by atoms with Gasteiger partial charge in [0.05, 0.1) is 32.5 Å². The highest BCUT2D eigenvalue weighted by atomic mass is 35.5. The molecule has 2 aromatic carbocycles. The molecule has 0 saturated carbocycles. The number of fused-ring (bicyclic) bond motifs is 2. The fourth-order valence-electron chi connectivity index (χ4n) is 6.58. The predicted octanol–water partition coefficient (Wildman–Crippen LogP) is 6.44. The van der Waals surface area contributed by atoms with Gasteiger partial charge in [-0.05, 0) is 87.4 Å². The van der Waals surface area contributed by atoms with Crippen molar-refractivity contribution < 1.29 is 24.2 Å². The Hall–Kier alpha value is -5.47. The zero-order chi connectivity index (χ0) is 38.9. The number of imidazole rings is 2. The summed E-state index contributed by atoms with van der Waals surface area (Å²) in [6.07, 6.45) is 6.88. The maximum Gasteiger partial charge on any atom is 0.356 e. The summed E-state index contributed by atoms with van der Waals surface area (Å²) in [5.74, 6) is -1.17. The van der Waals surface area contributed by atoms with Crippen LogP contribution in [0.15, 0.2) is 110 Å². The second-order valence-corrected chi connectivity index (χ2v) is 13.9. The molecule has 4 aromatic heterocycles. The molecule has 2 saturated heterocycles. The summed E-state index contributed by atoms with van der Waals surface area (Å²) in [5.41, 5.74) is 12.4. The quantitative estimate of drug-likeness (QED) is 0.165. The molecule has 0 radical (unpaired) electrons. The van der Waals surface area contributed by atoms with Crippen LogP contribution in [0.5, 0.6) is 0 Å². The van der Waals surface area contributed by atoms with E-state index in [0.29, 0.717) is 23.4 Å². The number of hydrogen-bond donors (Lipinski definition) is 3.